The van der Waals surface area contributed by atoms with Crippen LogP contribution in [0.2, 0.25) is 0 Å². The Hall–Kier alpha value is -1.16. The maximum absolute atomic E-state index is 4.48. The third kappa shape index (κ3) is 2.09. The number of hydrogen-bond donors (Lipinski definition) is 1. The van der Waals surface area contributed by atoms with Gasteiger partial charge in [-0.15, -0.1) is 11.8 Å². The number of fused-ring (bicyclic) bond motifs is 1. The van der Waals surface area contributed by atoms with E-state index in [0.717, 1.165) is 5.88 Å². The molecule has 0 amide bonds. The molecule has 0 spiro atoms. The van der Waals surface area contributed by atoms with E-state index in [4.69, 9.17) is 0 Å². The number of hydrazone groups is 1. The zero-order valence-corrected chi connectivity index (χ0v) is 11.8. The van der Waals surface area contributed by atoms with Crippen molar-refractivity contribution in [3.05, 3.63) is 29.3 Å². The summed E-state index contributed by atoms with van der Waals surface area (Å²) in [7, 11) is 2.18. The van der Waals surface area contributed by atoms with E-state index in [9.17, 15) is 0 Å². The summed E-state index contributed by atoms with van der Waals surface area (Å²) in [5, 5.41) is 4.96. The Morgan fingerprint density at radius 1 is 1.44 bits per heavy atom. The minimum atomic E-state index is 0.477. The van der Waals surface area contributed by atoms with E-state index in [0.29, 0.717) is 5.25 Å². The molecule has 0 saturated heterocycles. The highest BCUT2D eigenvalue weighted by Gasteiger charge is 2.20. The first-order valence-corrected chi connectivity index (χ1v) is 7.57. The monoisotopic (exact) mass is 261 g/mol. The van der Waals surface area contributed by atoms with Gasteiger partial charge in [-0.25, -0.2) is 0 Å². The standard InChI is InChI=1S/C14H19N3S/c1-10-14(16-15-9-18-10)12-5-6-13-11(8-12)4-3-7-17(13)2/h5-6,8,10,15H,3-4,7,9H2,1-2H3. The first kappa shape index (κ1) is 11.9. The average molecular weight is 261 g/mol. The van der Waals surface area contributed by atoms with Crippen molar-refractivity contribution in [1.82, 2.24) is 5.43 Å². The molecule has 3 nitrogen and oxygen atoms in total. The van der Waals surface area contributed by atoms with Gasteiger partial charge < -0.3 is 4.90 Å². The molecule has 0 fully saturated rings. The highest BCUT2D eigenvalue weighted by molar-refractivity contribution is 8.00. The third-order valence-corrected chi connectivity index (χ3v) is 4.73. The first-order chi connectivity index (χ1) is 8.75. The molecule has 0 aliphatic carbocycles. The number of hydrogen-bond acceptors (Lipinski definition) is 4. The smallest absolute Gasteiger partial charge is 0.0803 e. The van der Waals surface area contributed by atoms with Crippen molar-refractivity contribution in [2.24, 2.45) is 5.10 Å². The van der Waals surface area contributed by atoms with E-state index in [-0.39, 0.29) is 0 Å². The lowest BCUT2D eigenvalue weighted by Crippen LogP contribution is -2.28. The van der Waals surface area contributed by atoms with Crippen molar-refractivity contribution in [3.63, 3.8) is 0 Å². The number of benzene rings is 1. The Labute approximate surface area is 113 Å². The predicted octanol–water partition coefficient (Wildman–Crippen LogP) is 2.46. The van der Waals surface area contributed by atoms with Crippen molar-refractivity contribution in [3.8, 4) is 0 Å². The number of nitrogens with zero attached hydrogens (tertiary/aromatic N) is 2. The fraction of sp³-hybridized carbons (Fsp3) is 0.500. The summed E-state index contributed by atoms with van der Waals surface area (Å²) < 4.78 is 0. The van der Waals surface area contributed by atoms with Crippen LogP contribution in [0.3, 0.4) is 0 Å². The lowest BCUT2D eigenvalue weighted by molar-refractivity contribution is 0.744. The number of rotatable bonds is 1. The minimum absolute atomic E-state index is 0.477. The second-order valence-corrected chi connectivity index (χ2v) is 6.31. The van der Waals surface area contributed by atoms with E-state index >= 15 is 0 Å². The second kappa shape index (κ2) is 4.84. The van der Waals surface area contributed by atoms with Crippen LogP contribution in [0, 0.1) is 0 Å². The Morgan fingerprint density at radius 2 is 2.33 bits per heavy atom. The molecule has 1 aromatic rings. The predicted molar refractivity (Wildman–Crippen MR) is 79.6 cm³/mol. The van der Waals surface area contributed by atoms with Crippen LogP contribution in [0.15, 0.2) is 23.3 Å². The van der Waals surface area contributed by atoms with E-state index < -0.39 is 0 Å². The van der Waals surface area contributed by atoms with E-state index in [1.54, 1.807) is 0 Å². The van der Waals surface area contributed by atoms with Crippen molar-refractivity contribution in [2.45, 2.75) is 25.0 Å². The molecule has 2 heterocycles. The second-order valence-electron chi connectivity index (χ2n) is 4.98. The molecule has 0 radical (unpaired) electrons. The van der Waals surface area contributed by atoms with Gasteiger partial charge in [-0.3, -0.25) is 5.43 Å². The van der Waals surface area contributed by atoms with Crippen molar-refractivity contribution < 1.29 is 0 Å². The minimum Gasteiger partial charge on any atom is -0.374 e. The highest BCUT2D eigenvalue weighted by Crippen LogP contribution is 2.28. The first-order valence-electron chi connectivity index (χ1n) is 6.52. The Morgan fingerprint density at radius 3 is 3.17 bits per heavy atom. The topological polar surface area (TPSA) is 27.6 Å². The van der Waals surface area contributed by atoms with Crippen LogP contribution >= 0.6 is 11.8 Å². The summed E-state index contributed by atoms with van der Waals surface area (Å²) in [5.74, 6) is 0.915. The molecule has 2 aliphatic heterocycles. The van der Waals surface area contributed by atoms with Crippen LogP contribution in [-0.2, 0) is 6.42 Å². The van der Waals surface area contributed by atoms with Gasteiger partial charge in [0.1, 0.15) is 0 Å². The van der Waals surface area contributed by atoms with Gasteiger partial charge in [0.25, 0.3) is 0 Å². The lowest BCUT2D eigenvalue weighted by Gasteiger charge is -2.28. The number of aryl methyl sites for hydroxylation is 1. The zero-order valence-electron chi connectivity index (χ0n) is 10.9. The van der Waals surface area contributed by atoms with E-state index in [1.807, 2.05) is 11.8 Å². The summed E-state index contributed by atoms with van der Waals surface area (Å²) in [4.78, 5) is 2.35. The van der Waals surface area contributed by atoms with Gasteiger partial charge in [-0.05, 0) is 43.0 Å². The van der Waals surface area contributed by atoms with Crippen LogP contribution < -0.4 is 10.3 Å². The average Bonchev–Trinajstić information content (AvgIpc) is 2.39. The van der Waals surface area contributed by atoms with E-state index in [2.05, 4.69) is 47.6 Å². The quantitative estimate of drug-likeness (QED) is 0.841. The van der Waals surface area contributed by atoms with Gasteiger partial charge in [0, 0.05) is 24.5 Å². The van der Waals surface area contributed by atoms with Gasteiger partial charge in [0.05, 0.1) is 11.6 Å². The molecule has 2 aliphatic rings. The van der Waals surface area contributed by atoms with Crippen LogP contribution in [0.4, 0.5) is 5.69 Å². The molecular weight excluding hydrogens is 242 g/mol. The fourth-order valence-electron chi connectivity index (χ4n) is 2.69. The zero-order chi connectivity index (χ0) is 12.5. The Balaban J connectivity index is 1.97. The molecule has 3 rings (SSSR count). The SMILES string of the molecule is CC1SCNN=C1c1ccc2c(c1)CCCN2C. The van der Waals surface area contributed by atoms with Crippen molar-refractivity contribution in [2.75, 3.05) is 24.4 Å². The molecule has 0 aromatic heterocycles. The molecule has 18 heavy (non-hydrogen) atoms. The molecule has 1 N–H and O–H groups in total. The van der Waals surface area contributed by atoms with Gasteiger partial charge >= 0.3 is 0 Å². The lowest BCUT2D eigenvalue weighted by atomic mass is 9.97. The van der Waals surface area contributed by atoms with Gasteiger partial charge in [0.15, 0.2) is 0 Å². The largest absolute Gasteiger partial charge is 0.374 e. The summed E-state index contributed by atoms with van der Waals surface area (Å²) in [6, 6.07) is 6.79. The maximum Gasteiger partial charge on any atom is 0.0803 e. The maximum atomic E-state index is 4.48. The summed E-state index contributed by atoms with van der Waals surface area (Å²) in [6.07, 6.45) is 2.44. The van der Waals surface area contributed by atoms with E-state index in [1.165, 1.54) is 41.9 Å². The van der Waals surface area contributed by atoms with Crippen LogP contribution in [-0.4, -0.2) is 30.4 Å². The number of anilines is 1. The Kier molecular flexibility index (Phi) is 3.20. The van der Waals surface area contributed by atoms with Gasteiger partial charge in [0.2, 0.25) is 0 Å². The molecule has 96 valence electrons. The van der Waals surface area contributed by atoms with Gasteiger partial charge in [-0.2, -0.15) is 5.10 Å². The molecular formula is C14H19N3S. The van der Waals surface area contributed by atoms with Crippen LogP contribution in [0.1, 0.15) is 24.5 Å². The Bertz CT molecular complexity index is 484. The third-order valence-electron chi connectivity index (χ3n) is 3.71. The molecule has 0 saturated carbocycles. The molecule has 4 heteroatoms. The highest BCUT2D eigenvalue weighted by atomic mass is 32.2. The van der Waals surface area contributed by atoms with Gasteiger partial charge in [-0.1, -0.05) is 6.07 Å². The normalized spacial score (nSPS) is 23.1. The van der Waals surface area contributed by atoms with Crippen LogP contribution in [0.25, 0.3) is 0 Å². The molecule has 1 aromatic carbocycles. The molecule has 0 bridgehead atoms. The number of thioether (sulfide) groups is 1. The molecule has 1 unspecified atom stereocenters. The molecule has 1 atom stereocenters. The summed E-state index contributed by atoms with van der Waals surface area (Å²) in [5.41, 5.74) is 8.40. The van der Waals surface area contributed by atoms with Crippen LogP contribution in [0.5, 0.6) is 0 Å². The summed E-state index contributed by atoms with van der Waals surface area (Å²) in [6.45, 7) is 3.40. The summed E-state index contributed by atoms with van der Waals surface area (Å²) >= 11 is 1.91. The number of nitrogens with one attached hydrogen (secondary N) is 1. The van der Waals surface area contributed by atoms with Crippen molar-refractivity contribution >= 4 is 23.2 Å². The fourth-order valence-corrected chi connectivity index (χ4v) is 3.43. The van der Waals surface area contributed by atoms with Crippen molar-refractivity contribution in [1.29, 1.82) is 0 Å².